The van der Waals surface area contributed by atoms with E-state index in [4.69, 9.17) is 9.47 Å². The van der Waals surface area contributed by atoms with Gasteiger partial charge in [-0.1, -0.05) is 11.3 Å². The topological polar surface area (TPSA) is 50.7 Å². The highest BCUT2D eigenvalue weighted by molar-refractivity contribution is 7.15. The highest BCUT2D eigenvalue weighted by Gasteiger charge is 2.45. The van der Waals surface area contributed by atoms with Crippen molar-refractivity contribution in [3.05, 3.63) is 5.01 Å². The van der Waals surface area contributed by atoms with Crippen LogP contribution in [0.25, 0.3) is 0 Å². The first-order valence-electron chi connectivity index (χ1n) is 8.43. The summed E-state index contributed by atoms with van der Waals surface area (Å²) in [4.78, 5) is 4.97. The second kappa shape index (κ2) is 7.42. The average Bonchev–Trinajstić information content (AvgIpc) is 3.11. The van der Waals surface area contributed by atoms with Gasteiger partial charge in [-0.25, -0.2) is 0 Å². The van der Waals surface area contributed by atoms with Crippen molar-refractivity contribution in [2.75, 3.05) is 58.5 Å². The number of ether oxygens (including phenoxy) is 2. The van der Waals surface area contributed by atoms with Crippen molar-refractivity contribution in [3.63, 3.8) is 0 Å². The third kappa shape index (κ3) is 3.84. The molecule has 0 N–H and O–H groups in total. The second-order valence-electron chi connectivity index (χ2n) is 6.87. The SMILES string of the molecule is COCCN1CC2(CCN(c3nnc(C)s3)CC2)C[C@@H]1COC. The van der Waals surface area contributed by atoms with Gasteiger partial charge in [0.1, 0.15) is 5.01 Å². The monoisotopic (exact) mass is 340 g/mol. The van der Waals surface area contributed by atoms with Crippen LogP contribution >= 0.6 is 11.3 Å². The lowest BCUT2D eigenvalue weighted by molar-refractivity contribution is 0.0901. The summed E-state index contributed by atoms with van der Waals surface area (Å²) < 4.78 is 10.7. The second-order valence-corrected chi connectivity index (χ2v) is 8.03. The lowest BCUT2D eigenvalue weighted by atomic mass is 9.77. The molecule has 0 aliphatic carbocycles. The molecule has 1 spiro atoms. The summed E-state index contributed by atoms with van der Waals surface area (Å²) in [5.74, 6) is 0. The van der Waals surface area contributed by atoms with Gasteiger partial charge < -0.3 is 14.4 Å². The minimum Gasteiger partial charge on any atom is -0.383 e. The molecule has 0 bridgehead atoms. The Hall–Kier alpha value is -0.760. The molecular weight excluding hydrogens is 312 g/mol. The van der Waals surface area contributed by atoms with Crippen LogP contribution in [0.4, 0.5) is 5.13 Å². The van der Waals surface area contributed by atoms with Crippen molar-refractivity contribution in [3.8, 4) is 0 Å². The van der Waals surface area contributed by atoms with Crippen molar-refractivity contribution in [1.29, 1.82) is 0 Å². The Bertz CT molecular complexity index is 502. The molecule has 0 radical (unpaired) electrons. The highest BCUT2D eigenvalue weighted by atomic mass is 32.1. The molecule has 1 aromatic heterocycles. The number of nitrogens with zero attached hydrogens (tertiary/aromatic N) is 4. The maximum atomic E-state index is 5.45. The molecule has 3 rings (SSSR count). The van der Waals surface area contributed by atoms with E-state index < -0.39 is 0 Å². The zero-order chi connectivity index (χ0) is 16.3. The lowest BCUT2D eigenvalue weighted by Gasteiger charge is -2.39. The standard InChI is InChI=1S/C16H28N4O2S/c1-13-17-18-15(23-13)19-6-4-16(5-7-19)10-14(11-22-3)20(12-16)8-9-21-2/h14H,4-12H2,1-3H3/t14-/m1/s1. The molecule has 1 atom stereocenters. The summed E-state index contributed by atoms with van der Waals surface area (Å²) in [6.45, 7) is 8.00. The molecule has 7 heteroatoms. The van der Waals surface area contributed by atoms with Crippen molar-refractivity contribution < 1.29 is 9.47 Å². The minimum absolute atomic E-state index is 0.438. The van der Waals surface area contributed by atoms with Gasteiger partial charge in [0.15, 0.2) is 0 Å². The number of hydrogen-bond acceptors (Lipinski definition) is 7. The number of anilines is 1. The number of rotatable bonds is 6. The molecule has 2 aliphatic rings. The van der Waals surface area contributed by atoms with Crippen LogP contribution in [0.15, 0.2) is 0 Å². The summed E-state index contributed by atoms with van der Waals surface area (Å²) in [6.07, 6.45) is 3.71. The third-order valence-corrected chi connectivity index (χ3v) is 6.17. The van der Waals surface area contributed by atoms with Gasteiger partial charge in [0.05, 0.1) is 13.2 Å². The fourth-order valence-electron chi connectivity index (χ4n) is 4.03. The van der Waals surface area contributed by atoms with E-state index in [1.807, 2.05) is 6.92 Å². The van der Waals surface area contributed by atoms with Crippen LogP contribution in [0.2, 0.25) is 0 Å². The van der Waals surface area contributed by atoms with Crippen molar-refractivity contribution in [1.82, 2.24) is 15.1 Å². The van der Waals surface area contributed by atoms with Crippen molar-refractivity contribution in [2.45, 2.75) is 32.2 Å². The van der Waals surface area contributed by atoms with Gasteiger partial charge in [0, 0.05) is 46.4 Å². The van der Waals surface area contributed by atoms with Crippen LogP contribution in [0.1, 0.15) is 24.3 Å². The van der Waals surface area contributed by atoms with Gasteiger partial charge in [-0.15, -0.1) is 10.2 Å². The first-order valence-corrected chi connectivity index (χ1v) is 9.24. The van der Waals surface area contributed by atoms with Gasteiger partial charge in [-0.3, -0.25) is 4.90 Å². The van der Waals surface area contributed by atoms with Gasteiger partial charge >= 0.3 is 0 Å². The average molecular weight is 340 g/mol. The Balaban J connectivity index is 1.60. The predicted octanol–water partition coefficient (Wildman–Crippen LogP) is 1.80. The molecule has 2 saturated heterocycles. The maximum Gasteiger partial charge on any atom is 0.208 e. The Kier molecular flexibility index (Phi) is 5.51. The van der Waals surface area contributed by atoms with Crippen LogP contribution in [0, 0.1) is 12.3 Å². The van der Waals surface area contributed by atoms with Crippen LogP contribution < -0.4 is 4.90 Å². The normalized spacial score (nSPS) is 24.7. The summed E-state index contributed by atoms with van der Waals surface area (Å²) in [5.41, 5.74) is 0.438. The number of hydrogen-bond donors (Lipinski definition) is 0. The Labute approximate surface area is 142 Å². The fourth-order valence-corrected chi connectivity index (χ4v) is 4.77. The van der Waals surface area contributed by atoms with E-state index in [0.717, 1.165) is 43.0 Å². The summed E-state index contributed by atoms with van der Waals surface area (Å²) in [5, 5.41) is 10.6. The smallest absolute Gasteiger partial charge is 0.208 e. The minimum atomic E-state index is 0.438. The molecule has 1 aromatic rings. The highest BCUT2D eigenvalue weighted by Crippen LogP contribution is 2.44. The molecular formula is C16H28N4O2S. The quantitative estimate of drug-likeness (QED) is 0.787. The Morgan fingerprint density at radius 1 is 1.22 bits per heavy atom. The number of methoxy groups -OCH3 is 2. The van der Waals surface area contributed by atoms with E-state index >= 15 is 0 Å². The molecule has 6 nitrogen and oxygen atoms in total. The zero-order valence-electron chi connectivity index (χ0n) is 14.5. The van der Waals surface area contributed by atoms with Gasteiger partial charge in [0.2, 0.25) is 5.13 Å². The first-order chi connectivity index (χ1) is 11.2. The summed E-state index contributed by atoms with van der Waals surface area (Å²) in [6, 6.07) is 0.533. The van der Waals surface area contributed by atoms with Crippen molar-refractivity contribution in [2.24, 2.45) is 5.41 Å². The molecule has 0 saturated carbocycles. The number of aryl methyl sites for hydroxylation is 1. The Morgan fingerprint density at radius 3 is 2.61 bits per heavy atom. The van der Waals surface area contributed by atoms with Gasteiger partial charge in [-0.05, 0) is 31.6 Å². The van der Waals surface area contributed by atoms with Gasteiger partial charge in [0.25, 0.3) is 0 Å². The largest absolute Gasteiger partial charge is 0.383 e. The third-order valence-electron chi connectivity index (χ3n) is 5.28. The molecule has 130 valence electrons. The molecule has 0 aromatic carbocycles. The van der Waals surface area contributed by atoms with E-state index in [1.165, 1.54) is 25.8 Å². The predicted molar refractivity (Wildman–Crippen MR) is 92.3 cm³/mol. The molecule has 0 amide bonds. The van der Waals surface area contributed by atoms with Gasteiger partial charge in [-0.2, -0.15) is 0 Å². The molecule has 3 heterocycles. The van der Waals surface area contributed by atoms with Crippen LogP contribution in [0.3, 0.4) is 0 Å². The van der Waals surface area contributed by atoms with E-state index in [1.54, 1.807) is 25.6 Å². The number of aromatic nitrogens is 2. The van der Waals surface area contributed by atoms with Crippen molar-refractivity contribution >= 4 is 16.5 Å². The number of likely N-dealkylation sites (tertiary alicyclic amines) is 1. The zero-order valence-corrected chi connectivity index (χ0v) is 15.3. The van der Waals surface area contributed by atoms with Crippen LogP contribution in [-0.4, -0.2) is 74.8 Å². The number of piperidine rings is 1. The lowest BCUT2D eigenvalue weighted by Crippen LogP contribution is -2.42. The van der Waals surface area contributed by atoms with E-state index in [0.29, 0.717) is 11.5 Å². The summed E-state index contributed by atoms with van der Waals surface area (Å²) in [7, 11) is 3.58. The van der Waals surface area contributed by atoms with Crippen LogP contribution in [0.5, 0.6) is 0 Å². The maximum absolute atomic E-state index is 5.45. The molecule has 2 fully saturated rings. The fraction of sp³-hybridized carbons (Fsp3) is 0.875. The molecule has 0 unspecified atom stereocenters. The van der Waals surface area contributed by atoms with E-state index in [2.05, 4.69) is 20.0 Å². The first kappa shape index (κ1) is 17.1. The molecule has 23 heavy (non-hydrogen) atoms. The van der Waals surface area contributed by atoms with E-state index in [-0.39, 0.29) is 0 Å². The van der Waals surface area contributed by atoms with E-state index in [9.17, 15) is 0 Å². The summed E-state index contributed by atoms with van der Waals surface area (Å²) >= 11 is 1.70. The van der Waals surface area contributed by atoms with Crippen LogP contribution in [-0.2, 0) is 9.47 Å². The molecule has 2 aliphatic heterocycles. The Morgan fingerprint density at radius 2 is 2.00 bits per heavy atom.